The van der Waals surface area contributed by atoms with Crippen LogP contribution in [0.4, 0.5) is 0 Å². The van der Waals surface area contributed by atoms with Crippen LogP contribution in [0.25, 0.3) is 32.7 Å². The van der Waals surface area contributed by atoms with E-state index in [1.807, 2.05) is 42.5 Å². The van der Waals surface area contributed by atoms with Crippen molar-refractivity contribution >= 4 is 41.0 Å². The van der Waals surface area contributed by atoms with Gasteiger partial charge in [0.2, 0.25) is 0 Å². The van der Waals surface area contributed by atoms with E-state index < -0.39 is 12.6 Å². The van der Waals surface area contributed by atoms with Crippen LogP contribution in [0.3, 0.4) is 0 Å². The minimum absolute atomic E-state index is 0. The predicted octanol–water partition coefficient (Wildman–Crippen LogP) is 6.42. The molecule has 0 amide bonds. The molecule has 1 fully saturated rings. The fourth-order valence-corrected chi connectivity index (χ4v) is 4.27. The zero-order valence-corrected chi connectivity index (χ0v) is 18.7. The number of carboxylic acid groups (broad SMARTS) is 1. The number of hydrogen-bond acceptors (Lipinski definition) is 3. The van der Waals surface area contributed by atoms with E-state index in [-0.39, 0.29) is 13.5 Å². The van der Waals surface area contributed by atoms with Gasteiger partial charge in [-0.15, -0.1) is 0 Å². The monoisotopic (exact) mass is 446 g/mol. The third-order valence-corrected chi connectivity index (χ3v) is 6.08. The second-order valence-electron chi connectivity index (χ2n) is 8.11. The van der Waals surface area contributed by atoms with Gasteiger partial charge in [0.15, 0.2) is 6.61 Å². The summed E-state index contributed by atoms with van der Waals surface area (Å²) in [6.45, 7) is 0.301. The van der Waals surface area contributed by atoms with Gasteiger partial charge in [-0.25, -0.2) is 4.79 Å². The molecule has 1 aliphatic carbocycles. The van der Waals surface area contributed by atoms with Gasteiger partial charge in [0.05, 0.1) is 6.61 Å². The maximum atomic E-state index is 11.2. The molecule has 0 spiro atoms. The molecule has 1 saturated carbocycles. The van der Waals surface area contributed by atoms with Gasteiger partial charge in [0.1, 0.15) is 11.5 Å². The minimum Gasteiger partial charge on any atom is -0.493 e. The lowest BCUT2D eigenvalue weighted by Gasteiger charge is -2.26. The lowest BCUT2D eigenvalue weighted by atomic mass is 9.86. The Kier molecular flexibility index (Phi) is 6.56. The largest absolute Gasteiger partial charge is 0.493 e. The van der Waals surface area contributed by atoms with Crippen LogP contribution in [-0.4, -0.2) is 24.3 Å². The first kappa shape index (κ1) is 22.0. The number of ether oxygens (including phenoxy) is 2. The zero-order valence-electron chi connectivity index (χ0n) is 17.7. The molecule has 0 heterocycles. The fraction of sp³-hybridized carbons (Fsp3) is 0.222. The van der Waals surface area contributed by atoms with Crippen LogP contribution in [0.15, 0.2) is 72.8 Å². The van der Waals surface area contributed by atoms with Gasteiger partial charge in [-0.05, 0) is 52.4 Å². The van der Waals surface area contributed by atoms with E-state index in [4.69, 9.17) is 9.47 Å². The van der Waals surface area contributed by atoms with Gasteiger partial charge in [0.25, 0.3) is 0 Å². The Labute approximate surface area is 194 Å². The topological polar surface area (TPSA) is 55.8 Å². The molecule has 0 aliphatic heterocycles. The van der Waals surface area contributed by atoms with Crippen molar-refractivity contribution in [3.63, 3.8) is 0 Å². The predicted molar refractivity (Wildman–Crippen MR) is 133 cm³/mol. The average Bonchev–Trinajstić information content (AvgIpc) is 2.76. The molecular formula is C27H26O4S. The van der Waals surface area contributed by atoms with Crippen molar-refractivity contribution in [2.45, 2.75) is 19.3 Å². The standard InChI is InChI=1S/C27H24O4.H2S/c28-25(29)17-31-24-15-13-20-9-2-4-11-22(20)27(24)26-21-10-3-1-8-19(21)12-14-23(26)30-16-18-6-5-7-18;/h1-4,8-15,18H,5-7,16-17H2,(H,28,29);1H2. The summed E-state index contributed by atoms with van der Waals surface area (Å²) in [6, 6.07) is 24.2. The van der Waals surface area contributed by atoms with E-state index >= 15 is 0 Å². The van der Waals surface area contributed by atoms with Gasteiger partial charge < -0.3 is 14.6 Å². The number of aliphatic carboxylic acids is 1. The first-order chi connectivity index (χ1) is 15.2. The molecule has 0 unspecified atom stereocenters. The molecule has 0 aromatic heterocycles. The Bertz CT molecular complexity index is 1260. The highest BCUT2D eigenvalue weighted by molar-refractivity contribution is 7.59. The Morgan fingerprint density at radius 3 is 1.81 bits per heavy atom. The van der Waals surface area contributed by atoms with Crippen LogP contribution in [0.2, 0.25) is 0 Å². The van der Waals surface area contributed by atoms with Crippen molar-refractivity contribution in [2.75, 3.05) is 13.2 Å². The zero-order chi connectivity index (χ0) is 21.2. The summed E-state index contributed by atoms with van der Waals surface area (Å²) in [6.07, 6.45) is 3.70. The SMILES string of the molecule is O=C(O)COc1ccc2ccccc2c1-c1c(OCC2CCC2)ccc2ccccc12.S. The van der Waals surface area contributed by atoms with Crippen LogP contribution in [0.1, 0.15) is 19.3 Å². The first-order valence-electron chi connectivity index (χ1n) is 10.7. The van der Waals surface area contributed by atoms with Gasteiger partial charge in [-0.2, -0.15) is 13.5 Å². The summed E-state index contributed by atoms with van der Waals surface area (Å²) in [5, 5.41) is 13.4. The van der Waals surface area contributed by atoms with Crippen LogP contribution in [0, 0.1) is 5.92 Å². The van der Waals surface area contributed by atoms with Gasteiger partial charge in [-0.3, -0.25) is 0 Å². The summed E-state index contributed by atoms with van der Waals surface area (Å²) in [5.74, 6) is 0.959. The van der Waals surface area contributed by atoms with Crippen LogP contribution in [0.5, 0.6) is 11.5 Å². The summed E-state index contributed by atoms with van der Waals surface area (Å²) >= 11 is 0. The van der Waals surface area contributed by atoms with E-state index in [9.17, 15) is 9.90 Å². The number of carboxylic acids is 1. The molecule has 4 nitrogen and oxygen atoms in total. The summed E-state index contributed by atoms with van der Waals surface area (Å²) in [7, 11) is 0. The molecule has 5 heteroatoms. The molecule has 164 valence electrons. The molecule has 32 heavy (non-hydrogen) atoms. The maximum absolute atomic E-state index is 11.2. The molecular weight excluding hydrogens is 420 g/mol. The Morgan fingerprint density at radius 1 is 0.781 bits per heavy atom. The third kappa shape index (κ3) is 4.26. The number of carbonyl (C=O) groups is 1. The number of rotatable bonds is 7. The third-order valence-electron chi connectivity index (χ3n) is 6.08. The van der Waals surface area contributed by atoms with Crippen molar-refractivity contribution < 1.29 is 19.4 Å². The van der Waals surface area contributed by atoms with Crippen molar-refractivity contribution in [1.82, 2.24) is 0 Å². The van der Waals surface area contributed by atoms with Crippen LogP contribution >= 0.6 is 13.5 Å². The smallest absolute Gasteiger partial charge is 0.341 e. The Morgan fingerprint density at radius 2 is 1.31 bits per heavy atom. The van der Waals surface area contributed by atoms with Crippen LogP contribution < -0.4 is 9.47 Å². The molecule has 0 radical (unpaired) electrons. The van der Waals surface area contributed by atoms with Crippen molar-refractivity contribution in [3.8, 4) is 22.6 Å². The second-order valence-corrected chi connectivity index (χ2v) is 8.11. The molecule has 4 aromatic rings. The van der Waals surface area contributed by atoms with Gasteiger partial charge >= 0.3 is 5.97 Å². The molecule has 1 aliphatic rings. The number of benzene rings is 4. The van der Waals surface area contributed by atoms with Crippen molar-refractivity contribution in [2.24, 2.45) is 5.92 Å². The summed E-state index contributed by atoms with van der Waals surface area (Å²) < 4.78 is 12.1. The number of fused-ring (bicyclic) bond motifs is 2. The highest BCUT2D eigenvalue weighted by Crippen LogP contribution is 2.45. The van der Waals surface area contributed by atoms with E-state index in [0.29, 0.717) is 18.3 Å². The van der Waals surface area contributed by atoms with Gasteiger partial charge in [-0.1, -0.05) is 67.1 Å². The first-order valence-corrected chi connectivity index (χ1v) is 10.7. The second kappa shape index (κ2) is 9.53. The molecule has 0 atom stereocenters. The maximum Gasteiger partial charge on any atom is 0.341 e. The molecule has 0 saturated heterocycles. The van der Waals surface area contributed by atoms with Crippen molar-refractivity contribution in [3.05, 3.63) is 72.8 Å². The van der Waals surface area contributed by atoms with E-state index in [0.717, 1.165) is 38.4 Å². The lowest BCUT2D eigenvalue weighted by molar-refractivity contribution is -0.139. The highest BCUT2D eigenvalue weighted by atomic mass is 32.1. The molecule has 4 aromatic carbocycles. The van der Waals surface area contributed by atoms with Gasteiger partial charge in [0, 0.05) is 11.1 Å². The fourth-order valence-electron chi connectivity index (χ4n) is 4.27. The average molecular weight is 447 g/mol. The van der Waals surface area contributed by atoms with E-state index in [2.05, 4.69) is 30.3 Å². The Hall–Kier alpha value is -3.18. The van der Waals surface area contributed by atoms with Crippen molar-refractivity contribution in [1.29, 1.82) is 0 Å². The molecule has 1 N–H and O–H groups in total. The van der Waals surface area contributed by atoms with Crippen LogP contribution in [-0.2, 0) is 4.79 Å². The van der Waals surface area contributed by atoms with E-state index in [1.165, 1.54) is 19.3 Å². The Balaban J connectivity index is 0.00000245. The quantitative estimate of drug-likeness (QED) is 0.356. The minimum atomic E-state index is -1.00. The molecule has 5 rings (SSSR count). The highest BCUT2D eigenvalue weighted by Gasteiger charge is 2.22. The lowest BCUT2D eigenvalue weighted by Crippen LogP contribution is -2.19. The number of hydrogen-bond donors (Lipinski definition) is 1. The summed E-state index contributed by atoms with van der Waals surface area (Å²) in [5.41, 5.74) is 1.83. The van der Waals surface area contributed by atoms with E-state index in [1.54, 1.807) is 0 Å². The summed E-state index contributed by atoms with van der Waals surface area (Å²) in [4.78, 5) is 11.2. The molecule has 0 bridgehead atoms. The normalized spacial score (nSPS) is 13.4.